The third-order valence-electron chi connectivity index (χ3n) is 5.44. The number of nitrogens with zero attached hydrogens (tertiary/aromatic N) is 2. The fourth-order valence-corrected chi connectivity index (χ4v) is 3.91. The van der Waals surface area contributed by atoms with Crippen LogP contribution in [0.2, 0.25) is 0 Å². The number of hydrogen-bond donors (Lipinski definition) is 0. The zero-order chi connectivity index (χ0) is 23.5. The van der Waals surface area contributed by atoms with Gasteiger partial charge in [-0.05, 0) is 41.5 Å². The summed E-state index contributed by atoms with van der Waals surface area (Å²) in [6.07, 6.45) is 0. The second-order valence-electron chi connectivity index (χ2n) is 7.56. The van der Waals surface area contributed by atoms with E-state index in [2.05, 4.69) is 0 Å². The maximum atomic E-state index is 13.9. The van der Waals surface area contributed by atoms with Crippen molar-refractivity contribution in [3.8, 4) is 11.5 Å². The molecule has 33 heavy (non-hydrogen) atoms. The summed E-state index contributed by atoms with van der Waals surface area (Å²) in [6, 6.07) is 20.1. The molecular formula is C26H23FN2O4. The minimum Gasteiger partial charge on any atom is -0.493 e. The van der Waals surface area contributed by atoms with Crippen LogP contribution in [0.5, 0.6) is 11.5 Å². The summed E-state index contributed by atoms with van der Waals surface area (Å²) in [5.41, 5.74) is 2.08. The van der Waals surface area contributed by atoms with Gasteiger partial charge < -0.3 is 14.4 Å². The van der Waals surface area contributed by atoms with E-state index in [1.165, 1.54) is 38.5 Å². The average molecular weight is 446 g/mol. The zero-order valence-electron chi connectivity index (χ0n) is 18.5. The maximum Gasteiger partial charge on any atom is 0.282 e. The Bertz CT molecular complexity index is 1240. The highest BCUT2D eigenvalue weighted by atomic mass is 19.1. The van der Waals surface area contributed by atoms with Crippen LogP contribution in [0.1, 0.15) is 11.1 Å². The Morgan fingerprint density at radius 3 is 2.24 bits per heavy atom. The molecule has 1 heterocycles. The Labute approximate surface area is 191 Å². The van der Waals surface area contributed by atoms with Gasteiger partial charge in [0.05, 0.1) is 25.5 Å². The van der Waals surface area contributed by atoms with Gasteiger partial charge in [0.15, 0.2) is 11.5 Å². The average Bonchev–Trinajstić information content (AvgIpc) is 3.09. The Kier molecular flexibility index (Phi) is 6.13. The zero-order valence-corrected chi connectivity index (χ0v) is 18.5. The normalized spacial score (nSPS) is 13.5. The number of methoxy groups -OCH3 is 2. The number of likely N-dealkylation sites (N-methyl/N-ethyl adjacent to an activating group) is 1. The maximum absolute atomic E-state index is 13.9. The Balaban J connectivity index is 1.84. The van der Waals surface area contributed by atoms with E-state index >= 15 is 0 Å². The molecule has 1 aliphatic heterocycles. The van der Waals surface area contributed by atoms with Crippen LogP contribution in [0.4, 0.5) is 10.1 Å². The number of rotatable bonds is 7. The molecule has 0 N–H and O–H groups in total. The van der Waals surface area contributed by atoms with E-state index in [-0.39, 0.29) is 17.0 Å². The molecule has 0 atom stereocenters. The Hall–Kier alpha value is -4.13. The van der Waals surface area contributed by atoms with E-state index in [4.69, 9.17) is 9.47 Å². The standard InChI is InChI=1S/C26H23FN2O4/c1-28(16-17-8-5-4-6-9-17)24-23(18-12-13-21(32-2)22(14-18)33-3)25(30)29(26(24)31)20-11-7-10-19(27)15-20/h4-15H,16H2,1-3H3. The highest BCUT2D eigenvalue weighted by Gasteiger charge is 2.42. The van der Waals surface area contributed by atoms with Crippen LogP contribution in [-0.4, -0.2) is 38.0 Å². The van der Waals surface area contributed by atoms with Gasteiger partial charge in [0.2, 0.25) is 0 Å². The molecule has 0 saturated carbocycles. The topological polar surface area (TPSA) is 59.1 Å². The molecule has 3 aromatic rings. The number of halogens is 1. The molecular weight excluding hydrogens is 423 g/mol. The second-order valence-corrected chi connectivity index (χ2v) is 7.56. The summed E-state index contributed by atoms with van der Waals surface area (Å²) in [5, 5.41) is 0. The van der Waals surface area contributed by atoms with E-state index in [9.17, 15) is 14.0 Å². The summed E-state index contributed by atoms with van der Waals surface area (Å²) in [4.78, 5) is 29.9. The largest absolute Gasteiger partial charge is 0.493 e. The first-order valence-electron chi connectivity index (χ1n) is 10.3. The van der Waals surface area contributed by atoms with Gasteiger partial charge in [0, 0.05) is 13.6 Å². The number of anilines is 1. The summed E-state index contributed by atoms with van der Waals surface area (Å²) >= 11 is 0. The van der Waals surface area contributed by atoms with Crippen molar-refractivity contribution in [3.05, 3.63) is 95.4 Å². The van der Waals surface area contributed by atoms with Crippen LogP contribution < -0.4 is 14.4 Å². The van der Waals surface area contributed by atoms with Crippen molar-refractivity contribution in [3.63, 3.8) is 0 Å². The highest BCUT2D eigenvalue weighted by Crippen LogP contribution is 2.38. The van der Waals surface area contributed by atoms with Gasteiger partial charge in [0.25, 0.3) is 11.8 Å². The van der Waals surface area contributed by atoms with E-state index in [1.807, 2.05) is 30.3 Å². The van der Waals surface area contributed by atoms with Crippen molar-refractivity contribution in [2.24, 2.45) is 0 Å². The van der Waals surface area contributed by atoms with Crippen molar-refractivity contribution in [1.82, 2.24) is 4.90 Å². The second kappa shape index (κ2) is 9.16. The first-order valence-corrected chi connectivity index (χ1v) is 10.3. The molecule has 3 aromatic carbocycles. The van der Waals surface area contributed by atoms with Gasteiger partial charge in [-0.2, -0.15) is 0 Å². The van der Waals surface area contributed by atoms with Crippen molar-refractivity contribution in [2.45, 2.75) is 6.54 Å². The predicted octanol–water partition coefficient (Wildman–Crippen LogP) is 4.26. The van der Waals surface area contributed by atoms with Crippen LogP contribution in [0.25, 0.3) is 5.57 Å². The van der Waals surface area contributed by atoms with Crippen molar-refractivity contribution in [1.29, 1.82) is 0 Å². The van der Waals surface area contributed by atoms with Crippen LogP contribution in [-0.2, 0) is 16.1 Å². The molecule has 0 fully saturated rings. The molecule has 6 nitrogen and oxygen atoms in total. The molecule has 4 rings (SSSR count). The molecule has 0 saturated heterocycles. The molecule has 0 radical (unpaired) electrons. The lowest BCUT2D eigenvalue weighted by molar-refractivity contribution is -0.120. The van der Waals surface area contributed by atoms with Crippen molar-refractivity contribution >= 4 is 23.1 Å². The molecule has 0 aromatic heterocycles. The third kappa shape index (κ3) is 4.17. The monoisotopic (exact) mass is 446 g/mol. The van der Waals surface area contributed by atoms with Crippen LogP contribution in [0.15, 0.2) is 78.5 Å². The van der Waals surface area contributed by atoms with Gasteiger partial charge >= 0.3 is 0 Å². The third-order valence-corrected chi connectivity index (χ3v) is 5.44. The lowest BCUT2D eigenvalue weighted by Gasteiger charge is -2.21. The summed E-state index contributed by atoms with van der Waals surface area (Å²) < 4.78 is 24.6. The van der Waals surface area contributed by atoms with Crippen LogP contribution in [0.3, 0.4) is 0 Å². The molecule has 2 amide bonds. The number of carbonyl (C=O) groups is 2. The Morgan fingerprint density at radius 1 is 0.848 bits per heavy atom. The van der Waals surface area contributed by atoms with Crippen LogP contribution >= 0.6 is 0 Å². The number of hydrogen-bond acceptors (Lipinski definition) is 5. The fraction of sp³-hybridized carbons (Fsp3) is 0.154. The van der Waals surface area contributed by atoms with E-state index in [0.717, 1.165) is 10.5 Å². The molecule has 1 aliphatic rings. The lowest BCUT2D eigenvalue weighted by Crippen LogP contribution is -2.34. The SMILES string of the molecule is COc1ccc(C2=C(N(C)Cc3ccccc3)C(=O)N(c3cccc(F)c3)C2=O)cc1OC. The van der Waals surface area contributed by atoms with Crippen molar-refractivity contribution < 1.29 is 23.5 Å². The van der Waals surface area contributed by atoms with Gasteiger partial charge in [-0.3, -0.25) is 9.59 Å². The van der Waals surface area contributed by atoms with E-state index in [0.29, 0.717) is 23.6 Å². The molecule has 168 valence electrons. The summed E-state index contributed by atoms with van der Waals surface area (Å²) in [7, 11) is 4.77. The van der Waals surface area contributed by atoms with Gasteiger partial charge in [-0.15, -0.1) is 0 Å². The molecule has 0 aliphatic carbocycles. The molecule has 7 heteroatoms. The first-order chi connectivity index (χ1) is 15.9. The number of benzene rings is 3. The molecule has 0 spiro atoms. The summed E-state index contributed by atoms with van der Waals surface area (Å²) in [5.74, 6) is -0.662. The lowest BCUT2D eigenvalue weighted by atomic mass is 10.0. The number of imide groups is 1. The van der Waals surface area contributed by atoms with E-state index in [1.54, 1.807) is 30.1 Å². The number of ether oxygens (including phenoxy) is 2. The number of carbonyl (C=O) groups excluding carboxylic acids is 2. The van der Waals surface area contributed by atoms with Crippen molar-refractivity contribution in [2.75, 3.05) is 26.2 Å². The number of amides is 2. The quantitative estimate of drug-likeness (QED) is 0.508. The van der Waals surface area contributed by atoms with Crippen LogP contribution in [0, 0.1) is 5.82 Å². The fourth-order valence-electron chi connectivity index (χ4n) is 3.91. The highest BCUT2D eigenvalue weighted by molar-refractivity contribution is 6.45. The molecule has 0 unspecified atom stereocenters. The van der Waals surface area contributed by atoms with Gasteiger partial charge in [0.1, 0.15) is 11.5 Å². The predicted molar refractivity (Wildman–Crippen MR) is 123 cm³/mol. The minimum absolute atomic E-state index is 0.172. The van der Waals surface area contributed by atoms with E-state index < -0.39 is 17.6 Å². The van der Waals surface area contributed by atoms with Gasteiger partial charge in [-0.1, -0.05) is 42.5 Å². The van der Waals surface area contributed by atoms with Gasteiger partial charge in [-0.25, -0.2) is 9.29 Å². The smallest absolute Gasteiger partial charge is 0.282 e. The Morgan fingerprint density at radius 2 is 1.58 bits per heavy atom. The minimum atomic E-state index is -0.535. The molecule has 0 bridgehead atoms. The first kappa shape index (κ1) is 22.1. The summed E-state index contributed by atoms with van der Waals surface area (Å²) in [6.45, 7) is 0.406.